The summed E-state index contributed by atoms with van der Waals surface area (Å²) in [7, 11) is 1.67. The molecule has 2 aromatic carbocycles. The average Bonchev–Trinajstić information content (AvgIpc) is 3.43. The molecule has 0 aliphatic carbocycles. The number of benzene rings is 2. The monoisotopic (exact) mass is 406 g/mol. The molecule has 0 spiro atoms. The molecule has 0 saturated heterocycles. The van der Waals surface area contributed by atoms with Gasteiger partial charge in [0.15, 0.2) is 11.0 Å². The van der Waals surface area contributed by atoms with Gasteiger partial charge in [-0.05, 0) is 36.2 Å². The normalized spacial score (nSPS) is 10.9. The summed E-state index contributed by atoms with van der Waals surface area (Å²) in [6.07, 6.45) is 4.19. The van der Waals surface area contributed by atoms with Crippen LogP contribution in [0, 0.1) is 0 Å². The van der Waals surface area contributed by atoms with Crippen molar-refractivity contribution in [3.63, 3.8) is 0 Å². The van der Waals surface area contributed by atoms with E-state index in [4.69, 9.17) is 4.74 Å². The van der Waals surface area contributed by atoms with Gasteiger partial charge < -0.3 is 9.30 Å². The second-order valence-corrected chi connectivity index (χ2v) is 7.49. The van der Waals surface area contributed by atoms with E-state index in [-0.39, 0.29) is 0 Å². The van der Waals surface area contributed by atoms with Crippen LogP contribution in [0.15, 0.2) is 72.4 Å². The van der Waals surface area contributed by atoms with E-state index in [0.717, 1.165) is 47.6 Å². The highest BCUT2D eigenvalue weighted by molar-refractivity contribution is 7.99. The fraction of sp³-hybridized carbons (Fsp3) is 0.238. The van der Waals surface area contributed by atoms with Crippen molar-refractivity contribution in [1.29, 1.82) is 0 Å². The van der Waals surface area contributed by atoms with Gasteiger partial charge in [0.25, 0.3) is 0 Å². The van der Waals surface area contributed by atoms with Gasteiger partial charge in [0.1, 0.15) is 18.4 Å². The summed E-state index contributed by atoms with van der Waals surface area (Å²) in [4.78, 5) is 3.99. The molecule has 8 heteroatoms. The third-order valence-corrected chi connectivity index (χ3v) is 5.50. The first-order chi connectivity index (χ1) is 14.3. The van der Waals surface area contributed by atoms with Crippen molar-refractivity contribution < 1.29 is 4.74 Å². The molecule has 0 bridgehead atoms. The Hall–Kier alpha value is -3.13. The Morgan fingerprint density at radius 2 is 1.79 bits per heavy atom. The molecule has 0 unspecified atom stereocenters. The largest absolute Gasteiger partial charge is 0.497 e. The summed E-state index contributed by atoms with van der Waals surface area (Å²) in [5, 5.41) is 14.0. The van der Waals surface area contributed by atoms with Gasteiger partial charge in [0.05, 0.1) is 13.7 Å². The standard InChI is InChI=1S/C21H22N6OS/c1-28-19-9-7-18(8-10-19)20-24-25-21(29-14-13-26-16-22-15-23-26)27(20)12-11-17-5-3-2-4-6-17/h2-10,15-16H,11-14H2,1H3. The zero-order valence-electron chi connectivity index (χ0n) is 16.2. The Bertz CT molecular complexity index is 1020. The van der Waals surface area contributed by atoms with Crippen molar-refractivity contribution in [3.8, 4) is 17.1 Å². The Balaban J connectivity index is 1.54. The molecule has 4 aromatic rings. The van der Waals surface area contributed by atoms with Gasteiger partial charge in [-0.2, -0.15) is 5.10 Å². The van der Waals surface area contributed by atoms with E-state index < -0.39 is 0 Å². The van der Waals surface area contributed by atoms with Crippen LogP contribution in [-0.4, -0.2) is 42.4 Å². The number of thioether (sulfide) groups is 1. The van der Waals surface area contributed by atoms with E-state index >= 15 is 0 Å². The molecule has 148 valence electrons. The topological polar surface area (TPSA) is 70.7 Å². The van der Waals surface area contributed by atoms with E-state index in [1.807, 2.05) is 35.0 Å². The van der Waals surface area contributed by atoms with Crippen LogP contribution in [0.25, 0.3) is 11.4 Å². The molecule has 4 rings (SSSR count). The van der Waals surface area contributed by atoms with Gasteiger partial charge in [0, 0.05) is 17.9 Å². The third kappa shape index (κ3) is 4.83. The summed E-state index contributed by atoms with van der Waals surface area (Å²) in [6.45, 7) is 1.58. The van der Waals surface area contributed by atoms with Crippen molar-refractivity contribution in [2.75, 3.05) is 12.9 Å². The first-order valence-electron chi connectivity index (χ1n) is 9.40. The number of rotatable bonds is 9. The number of methoxy groups -OCH3 is 1. The lowest BCUT2D eigenvalue weighted by molar-refractivity contribution is 0.415. The molecular weight excluding hydrogens is 384 g/mol. The SMILES string of the molecule is COc1ccc(-c2nnc(SCCn3cncn3)n2CCc2ccccc2)cc1. The lowest BCUT2D eigenvalue weighted by Crippen LogP contribution is -2.07. The summed E-state index contributed by atoms with van der Waals surface area (Å²) in [5.74, 6) is 2.54. The minimum Gasteiger partial charge on any atom is -0.497 e. The molecular formula is C21H22N6OS. The number of nitrogens with zero attached hydrogens (tertiary/aromatic N) is 6. The number of aromatic nitrogens is 6. The second-order valence-electron chi connectivity index (χ2n) is 6.43. The van der Waals surface area contributed by atoms with Crippen LogP contribution in [0.5, 0.6) is 5.75 Å². The molecule has 0 amide bonds. The molecule has 0 fully saturated rings. The minimum atomic E-state index is 0.772. The Morgan fingerprint density at radius 3 is 2.52 bits per heavy atom. The van der Waals surface area contributed by atoms with Crippen molar-refractivity contribution in [2.24, 2.45) is 0 Å². The highest BCUT2D eigenvalue weighted by Gasteiger charge is 2.15. The van der Waals surface area contributed by atoms with Crippen LogP contribution in [0.4, 0.5) is 0 Å². The maximum absolute atomic E-state index is 5.27. The summed E-state index contributed by atoms with van der Waals surface area (Å²) in [5.41, 5.74) is 2.31. The van der Waals surface area contributed by atoms with Crippen LogP contribution in [0.2, 0.25) is 0 Å². The third-order valence-electron chi connectivity index (χ3n) is 4.55. The van der Waals surface area contributed by atoms with Gasteiger partial charge in [-0.1, -0.05) is 42.1 Å². The van der Waals surface area contributed by atoms with Crippen LogP contribution >= 0.6 is 11.8 Å². The molecule has 0 N–H and O–H groups in total. The van der Waals surface area contributed by atoms with Gasteiger partial charge in [-0.3, -0.25) is 4.68 Å². The van der Waals surface area contributed by atoms with Crippen LogP contribution in [0.1, 0.15) is 5.56 Å². The van der Waals surface area contributed by atoms with E-state index in [0.29, 0.717) is 0 Å². The molecule has 0 saturated carbocycles. The molecule has 2 heterocycles. The number of aryl methyl sites for hydroxylation is 2. The number of hydrogen-bond acceptors (Lipinski definition) is 6. The quantitative estimate of drug-likeness (QED) is 0.396. The lowest BCUT2D eigenvalue weighted by Gasteiger charge is -2.11. The zero-order chi connectivity index (χ0) is 19.9. The molecule has 7 nitrogen and oxygen atoms in total. The van der Waals surface area contributed by atoms with Crippen LogP contribution < -0.4 is 4.74 Å². The van der Waals surface area contributed by atoms with Crippen molar-refractivity contribution in [1.82, 2.24) is 29.5 Å². The fourth-order valence-electron chi connectivity index (χ4n) is 3.01. The molecule has 0 atom stereocenters. The zero-order valence-corrected chi connectivity index (χ0v) is 17.0. The van der Waals surface area contributed by atoms with Crippen molar-refractivity contribution in [2.45, 2.75) is 24.7 Å². The summed E-state index contributed by atoms with van der Waals surface area (Å²) >= 11 is 1.68. The Labute approximate surface area is 173 Å². The van der Waals surface area contributed by atoms with Gasteiger partial charge in [0.2, 0.25) is 0 Å². The predicted molar refractivity (Wildman–Crippen MR) is 113 cm³/mol. The number of hydrogen-bond donors (Lipinski definition) is 0. The van der Waals surface area contributed by atoms with E-state index in [2.05, 4.69) is 49.1 Å². The number of ether oxygens (including phenoxy) is 1. The van der Waals surface area contributed by atoms with Crippen LogP contribution in [0.3, 0.4) is 0 Å². The average molecular weight is 407 g/mol. The van der Waals surface area contributed by atoms with Gasteiger partial charge in [-0.25, -0.2) is 4.98 Å². The predicted octanol–water partition coefficient (Wildman–Crippen LogP) is 3.58. The Kier molecular flexibility index (Phi) is 6.21. The first kappa shape index (κ1) is 19.2. The van der Waals surface area contributed by atoms with Crippen molar-refractivity contribution >= 4 is 11.8 Å². The van der Waals surface area contributed by atoms with Crippen LogP contribution in [-0.2, 0) is 19.5 Å². The Morgan fingerprint density at radius 1 is 0.966 bits per heavy atom. The first-order valence-corrected chi connectivity index (χ1v) is 10.4. The molecule has 0 aliphatic heterocycles. The van der Waals surface area contributed by atoms with Gasteiger partial charge in [-0.15, -0.1) is 10.2 Å². The van der Waals surface area contributed by atoms with E-state index in [1.165, 1.54) is 5.56 Å². The molecule has 2 aromatic heterocycles. The molecule has 0 radical (unpaired) electrons. The molecule has 0 aliphatic rings. The maximum atomic E-state index is 5.27. The summed E-state index contributed by atoms with van der Waals surface area (Å²) < 4.78 is 9.29. The fourth-order valence-corrected chi connectivity index (χ4v) is 3.91. The minimum absolute atomic E-state index is 0.772. The highest BCUT2D eigenvalue weighted by Crippen LogP contribution is 2.26. The molecule has 29 heavy (non-hydrogen) atoms. The van der Waals surface area contributed by atoms with E-state index in [1.54, 1.807) is 31.5 Å². The smallest absolute Gasteiger partial charge is 0.191 e. The van der Waals surface area contributed by atoms with E-state index in [9.17, 15) is 0 Å². The lowest BCUT2D eigenvalue weighted by atomic mass is 10.1. The summed E-state index contributed by atoms with van der Waals surface area (Å²) in [6, 6.07) is 18.4. The highest BCUT2D eigenvalue weighted by atomic mass is 32.2. The second kappa shape index (κ2) is 9.38. The van der Waals surface area contributed by atoms with Crippen molar-refractivity contribution in [3.05, 3.63) is 72.8 Å². The maximum Gasteiger partial charge on any atom is 0.191 e. The van der Waals surface area contributed by atoms with Gasteiger partial charge >= 0.3 is 0 Å².